The third kappa shape index (κ3) is 2.95. The van der Waals surface area contributed by atoms with Crippen molar-refractivity contribution in [1.82, 2.24) is 4.90 Å². The minimum atomic E-state index is 0.110. The molecule has 0 aromatic heterocycles. The second-order valence-corrected chi connectivity index (χ2v) is 8.24. The van der Waals surface area contributed by atoms with E-state index in [-0.39, 0.29) is 18.1 Å². The number of nitrogens with zero attached hydrogens (tertiary/aromatic N) is 2. The van der Waals surface area contributed by atoms with E-state index in [0.29, 0.717) is 6.42 Å². The SMILES string of the molecule is O=C1C[C@@]2(CCN(CC3CCOCC3)C2)CN1c1ccc2c(c1)OCO2. The lowest BCUT2D eigenvalue weighted by molar-refractivity contribution is -0.117. The second-order valence-electron chi connectivity index (χ2n) is 8.24. The summed E-state index contributed by atoms with van der Waals surface area (Å²) in [6.07, 6.45) is 4.12. The zero-order valence-electron chi connectivity index (χ0n) is 15.1. The highest BCUT2D eigenvalue weighted by molar-refractivity contribution is 5.96. The molecule has 3 saturated heterocycles. The molecule has 4 heterocycles. The third-order valence-corrected chi connectivity index (χ3v) is 6.36. The van der Waals surface area contributed by atoms with E-state index in [9.17, 15) is 4.79 Å². The molecule has 4 aliphatic rings. The number of anilines is 1. The summed E-state index contributed by atoms with van der Waals surface area (Å²) in [6.45, 7) is 6.19. The lowest BCUT2D eigenvalue weighted by Crippen LogP contribution is -2.34. The van der Waals surface area contributed by atoms with Gasteiger partial charge in [0.2, 0.25) is 12.7 Å². The Morgan fingerprint density at radius 2 is 1.96 bits per heavy atom. The van der Waals surface area contributed by atoms with E-state index in [0.717, 1.165) is 68.9 Å². The molecule has 4 aliphatic heterocycles. The van der Waals surface area contributed by atoms with Gasteiger partial charge in [-0.05, 0) is 43.9 Å². The number of carbonyl (C=O) groups excluding carboxylic acids is 1. The highest BCUT2D eigenvalue weighted by Crippen LogP contribution is 2.44. The first kappa shape index (κ1) is 16.4. The Morgan fingerprint density at radius 3 is 2.85 bits per heavy atom. The fourth-order valence-electron chi connectivity index (χ4n) is 4.94. The number of likely N-dealkylation sites (tertiary alicyclic amines) is 1. The number of fused-ring (bicyclic) bond motifs is 1. The van der Waals surface area contributed by atoms with Crippen LogP contribution in [0.1, 0.15) is 25.7 Å². The monoisotopic (exact) mass is 358 g/mol. The zero-order chi connectivity index (χ0) is 17.6. The number of rotatable bonds is 3. The molecule has 0 radical (unpaired) electrons. The van der Waals surface area contributed by atoms with E-state index in [4.69, 9.17) is 14.2 Å². The van der Waals surface area contributed by atoms with Gasteiger partial charge in [0.15, 0.2) is 11.5 Å². The van der Waals surface area contributed by atoms with Crippen LogP contribution in [0.2, 0.25) is 0 Å². The quantitative estimate of drug-likeness (QED) is 0.830. The third-order valence-electron chi connectivity index (χ3n) is 6.36. The van der Waals surface area contributed by atoms with Gasteiger partial charge >= 0.3 is 0 Å². The van der Waals surface area contributed by atoms with Crippen LogP contribution >= 0.6 is 0 Å². The maximum atomic E-state index is 12.8. The summed E-state index contributed by atoms with van der Waals surface area (Å²) in [4.78, 5) is 17.3. The first-order valence-electron chi connectivity index (χ1n) is 9.71. The Bertz CT molecular complexity index is 703. The van der Waals surface area contributed by atoms with E-state index in [1.54, 1.807) is 0 Å². The minimum absolute atomic E-state index is 0.110. The molecule has 0 saturated carbocycles. The summed E-state index contributed by atoms with van der Waals surface area (Å²) in [5, 5.41) is 0. The molecular weight excluding hydrogens is 332 g/mol. The van der Waals surface area contributed by atoms with Gasteiger partial charge in [-0.3, -0.25) is 4.79 Å². The van der Waals surface area contributed by atoms with Crippen LogP contribution < -0.4 is 14.4 Å². The number of benzene rings is 1. The second kappa shape index (κ2) is 6.43. The van der Waals surface area contributed by atoms with Crippen LogP contribution in [0, 0.1) is 11.3 Å². The molecule has 6 heteroatoms. The standard InChI is InChI=1S/C20H26N2O4/c23-19-10-20(5-6-21(12-20)11-15-3-7-24-8-4-15)13-22(19)16-1-2-17-18(9-16)26-14-25-17/h1-2,9,15H,3-8,10-14H2/t20-/m1/s1. The summed E-state index contributed by atoms with van der Waals surface area (Å²) in [5.41, 5.74) is 1.04. The van der Waals surface area contributed by atoms with E-state index in [1.807, 2.05) is 23.1 Å². The molecule has 3 fully saturated rings. The molecule has 1 aromatic rings. The van der Waals surface area contributed by atoms with E-state index >= 15 is 0 Å². The number of amides is 1. The summed E-state index contributed by atoms with van der Waals surface area (Å²) < 4.78 is 16.3. The van der Waals surface area contributed by atoms with Gasteiger partial charge in [0.1, 0.15) is 0 Å². The van der Waals surface area contributed by atoms with Gasteiger partial charge in [0, 0.05) is 56.4 Å². The molecule has 0 aliphatic carbocycles. The van der Waals surface area contributed by atoms with Crippen LogP contribution in [0.25, 0.3) is 0 Å². The van der Waals surface area contributed by atoms with Gasteiger partial charge in [-0.1, -0.05) is 0 Å². The molecule has 5 rings (SSSR count). The molecular formula is C20H26N2O4. The number of carbonyl (C=O) groups is 1. The first-order chi connectivity index (χ1) is 12.7. The maximum absolute atomic E-state index is 12.8. The maximum Gasteiger partial charge on any atom is 0.231 e. The van der Waals surface area contributed by atoms with Gasteiger partial charge in [0.05, 0.1) is 0 Å². The Morgan fingerprint density at radius 1 is 1.12 bits per heavy atom. The van der Waals surface area contributed by atoms with Crippen molar-refractivity contribution in [3.8, 4) is 11.5 Å². The molecule has 140 valence electrons. The van der Waals surface area contributed by atoms with Crippen LogP contribution in [0.4, 0.5) is 5.69 Å². The lowest BCUT2D eigenvalue weighted by Gasteiger charge is -2.28. The summed E-state index contributed by atoms with van der Waals surface area (Å²) in [7, 11) is 0. The van der Waals surface area contributed by atoms with Crippen molar-refractivity contribution >= 4 is 11.6 Å². The predicted octanol–water partition coefficient (Wildman–Crippen LogP) is 2.27. The summed E-state index contributed by atoms with van der Waals surface area (Å²) >= 11 is 0. The van der Waals surface area contributed by atoms with E-state index in [2.05, 4.69) is 4.90 Å². The van der Waals surface area contributed by atoms with Crippen LogP contribution in [0.5, 0.6) is 11.5 Å². The van der Waals surface area contributed by atoms with E-state index < -0.39 is 0 Å². The molecule has 0 bridgehead atoms. The summed E-state index contributed by atoms with van der Waals surface area (Å²) in [6, 6.07) is 5.81. The molecule has 26 heavy (non-hydrogen) atoms. The van der Waals surface area contributed by atoms with Gasteiger partial charge < -0.3 is 24.0 Å². The van der Waals surface area contributed by atoms with Crippen molar-refractivity contribution in [3.05, 3.63) is 18.2 Å². The average Bonchev–Trinajstić information content (AvgIpc) is 3.34. The number of hydrogen-bond acceptors (Lipinski definition) is 5. The molecule has 1 atom stereocenters. The lowest BCUT2D eigenvalue weighted by atomic mass is 9.86. The topological polar surface area (TPSA) is 51.2 Å². The number of ether oxygens (including phenoxy) is 3. The predicted molar refractivity (Wildman–Crippen MR) is 96.6 cm³/mol. The molecule has 1 amide bonds. The fraction of sp³-hybridized carbons (Fsp3) is 0.650. The molecule has 1 spiro atoms. The minimum Gasteiger partial charge on any atom is -0.454 e. The van der Waals surface area contributed by atoms with Crippen molar-refractivity contribution in [3.63, 3.8) is 0 Å². The first-order valence-corrected chi connectivity index (χ1v) is 9.71. The Hall–Kier alpha value is -1.79. The van der Waals surface area contributed by atoms with Crippen molar-refractivity contribution in [2.24, 2.45) is 11.3 Å². The van der Waals surface area contributed by atoms with Crippen molar-refractivity contribution in [1.29, 1.82) is 0 Å². The van der Waals surface area contributed by atoms with Crippen molar-refractivity contribution < 1.29 is 19.0 Å². The average molecular weight is 358 g/mol. The van der Waals surface area contributed by atoms with Crippen LogP contribution in [0.3, 0.4) is 0 Å². The molecule has 0 unspecified atom stereocenters. The number of hydrogen-bond donors (Lipinski definition) is 0. The van der Waals surface area contributed by atoms with Gasteiger partial charge in [0.25, 0.3) is 0 Å². The van der Waals surface area contributed by atoms with Crippen LogP contribution in [0.15, 0.2) is 18.2 Å². The highest BCUT2D eigenvalue weighted by Gasteiger charge is 2.48. The fourth-order valence-corrected chi connectivity index (χ4v) is 4.94. The highest BCUT2D eigenvalue weighted by atomic mass is 16.7. The van der Waals surface area contributed by atoms with Gasteiger partial charge in [-0.25, -0.2) is 0 Å². The molecule has 6 nitrogen and oxygen atoms in total. The van der Waals surface area contributed by atoms with Gasteiger partial charge in [-0.2, -0.15) is 0 Å². The summed E-state index contributed by atoms with van der Waals surface area (Å²) in [5.74, 6) is 2.49. The zero-order valence-corrected chi connectivity index (χ0v) is 15.1. The molecule has 1 aromatic carbocycles. The van der Waals surface area contributed by atoms with Crippen LogP contribution in [-0.2, 0) is 9.53 Å². The van der Waals surface area contributed by atoms with Crippen molar-refractivity contribution in [2.45, 2.75) is 25.7 Å². The Labute approximate surface area is 154 Å². The van der Waals surface area contributed by atoms with Gasteiger partial charge in [-0.15, -0.1) is 0 Å². The van der Waals surface area contributed by atoms with Crippen LogP contribution in [-0.4, -0.2) is 57.0 Å². The molecule has 0 N–H and O–H groups in total. The smallest absolute Gasteiger partial charge is 0.231 e. The Balaban J connectivity index is 1.26. The van der Waals surface area contributed by atoms with Crippen molar-refractivity contribution in [2.75, 3.05) is 51.1 Å². The largest absolute Gasteiger partial charge is 0.454 e. The van der Waals surface area contributed by atoms with E-state index in [1.165, 1.54) is 12.8 Å². The normalized spacial score (nSPS) is 29.2. The Kier molecular flexibility index (Phi) is 4.05.